The minimum absolute atomic E-state index is 0.0263. The van der Waals surface area contributed by atoms with Crippen LogP contribution in [-0.2, 0) is 4.79 Å². The van der Waals surface area contributed by atoms with Crippen molar-refractivity contribution in [2.24, 2.45) is 0 Å². The molecule has 4 rings (SSSR count). The molecule has 1 amide bonds. The van der Waals surface area contributed by atoms with Crippen LogP contribution >= 0.6 is 46.3 Å². The molecule has 10 heteroatoms. The molecule has 0 atom stereocenters. The van der Waals surface area contributed by atoms with Crippen LogP contribution in [0.3, 0.4) is 0 Å². The molecule has 0 aliphatic heterocycles. The number of para-hydroxylation sites is 1. The highest BCUT2D eigenvalue weighted by atomic mass is 35.5. The largest absolute Gasteiger partial charge is 0.325 e. The number of carbonyl (C=O) groups is 1. The summed E-state index contributed by atoms with van der Waals surface area (Å²) >= 11 is 14.4. The Bertz CT molecular complexity index is 1320. The highest BCUT2D eigenvalue weighted by molar-refractivity contribution is 7.99. The van der Waals surface area contributed by atoms with Crippen molar-refractivity contribution in [3.63, 3.8) is 0 Å². The van der Waals surface area contributed by atoms with Crippen molar-refractivity contribution in [3.8, 4) is 5.69 Å². The monoisotopic (exact) mass is 479 g/mol. The van der Waals surface area contributed by atoms with Gasteiger partial charge in [-0.2, -0.15) is 0 Å². The summed E-state index contributed by atoms with van der Waals surface area (Å²) in [5, 5.41) is 5.08. The molecule has 0 spiro atoms. The molecule has 152 valence electrons. The fraction of sp³-hybridized carbons (Fsp3) is 0.0500. The summed E-state index contributed by atoms with van der Waals surface area (Å²) in [7, 11) is 0. The van der Waals surface area contributed by atoms with Gasteiger partial charge in [0.15, 0.2) is 5.16 Å². The van der Waals surface area contributed by atoms with Crippen molar-refractivity contribution in [2.75, 3.05) is 11.1 Å². The van der Waals surface area contributed by atoms with E-state index in [1.807, 2.05) is 0 Å². The lowest BCUT2D eigenvalue weighted by Crippen LogP contribution is -2.22. The molecule has 2 aromatic heterocycles. The maximum absolute atomic E-state index is 13.3. The molecule has 0 fully saturated rings. The second-order valence-corrected chi connectivity index (χ2v) is 8.76. The predicted molar refractivity (Wildman–Crippen MR) is 121 cm³/mol. The van der Waals surface area contributed by atoms with Crippen LogP contribution in [0.5, 0.6) is 0 Å². The Morgan fingerprint density at radius 2 is 1.97 bits per heavy atom. The smallest absolute Gasteiger partial charge is 0.276 e. The van der Waals surface area contributed by atoms with Gasteiger partial charge in [0.2, 0.25) is 5.91 Å². The van der Waals surface area contributed by atoms with E-state index in [0.29, 0.717) is 31.8 Å². The van der Waals surface area contributed by atoms with Crippen molar-refractivity contribution >= 4 is 68.1 Å². The molecule has 0 unspecified atom stereocenters. The zero-order valence-electron chi connectivity index (χ0n) is 15.1. The molecular formula is C20H12Cl2FN3O2S2. The standard InChI is InChI=1S/C20H12Cl2FN3O2S2/c21-12-3-1-2-4-16(12)26-19(28)18-15(7-8-29-18)25-20(26)30-10-17(27)24-11-5-6-14(23)13(22)9-11/h1-9H,10H2,(H,24,27). The molecule has 30 heavy (non-hydrogen) atoms. The van der Waals surface area contributed by atoms with E-state index in [0.717, 1.165) is 11.8 Å². The summed E-state index contributed by atoms with van der Waals surface area (Å²) < 4.78 is 15.2. The van der Waals surface area contributed by atoms with Gasteiger partial charge in [-0.15, -0.1) is 11.3 Å². The average molecular weight is 480 g/mol. The first-order chi connectivity index (χ1) is 14.4. The zero-order valence-corrected chi connectivity index (χ0v) is 18.2. The lowest BCUT2D eigenvalue weighted by Gasteiger charge is -2.13. The number of amides is 1. The number of nitrogens with one attached hydrogen (secondary N) is 1. The van der Waals surface area contributed by atoms with Crippen LogP contribution in [0.15, 0.2) is 63.9 Å². The minimum Gasteiger partial charge on any atom is -0.325 e. The second-order valence-electron chi connectivity index (χ2n) is 6.09. The van der Waals surface area contributed by atoms with Gasteiger partial charge in [-0.1, -0.05) is 47.1 Å². The molecule has 2 heterocycles. The summed E-state index contributed by atoms with van der Waals surface area (Å²) in [5.41, 5.74) is 1.16. The molecule has 1 N–H and O–H groups in total. The fourth-order valence-electron chi connectivity index (χ4n) is 2.74. The Morgan fingerprint density at radius 1 is 1.17 bits per heavy atom. The number of carbonyl (C=O) groups excluding carboxylic acids is 1. The van der Waals surface area contributed by atoms with Gasteiger partial charge in [0.1, 0.15) is 10.5 Å². The number of thioether (sulfide) groups is 1. The summed E-state index contributed by atoms with van der Waals surface area (Å²) in [6.45, 7) is 0. The number of anilines is 1. The molecule has 4 aromatic rings. The molecule has 0 saturated carbocycles. The quantitative estimate of drug-likeness (QED) is 0.297. The molecular weight excluding hydrogens is 468 g/mol. The number of rotatable bonds is 5. The van der Waals surface area contributed by atoms with Crippen molar-refractivity contribution in [3.05, 3.63) is 80.1 Å². The third-order valence-electron chi connectivity index (χ3n) is 4.08. The SMILES string of the molecule is O=C(CSc1nc2ccsc2c(=O)n1-c1ccccc1Cl)Nc1ccc(F)c(Cl)c1. The normalized spacial score (nSPS) is 11.0. The van der Waals surface area contributed by atoms with E-state index in [1.165, 1.54) is 34.1 Å². The van der Waals surface area contributed by atoms with E-state index >= 15 is 0 Å². The Balaban J connectivity index is 1.64. The number of fused-ring (bicyclic) bond motifs is 1. The van der Waals surface area contributed by atoms with E-state index in [9.17, 15) is 14.0 Å². The van der Waals surface area contributed by atoms with Crippen LogP contribution in [0.2, 0.25) is 10.0 Å². The van der Waals surface area contributed by atoms with Crippen LogP contribution in [-0.4, -0.2) is 21.2 Å². The fourth-order valence-corrected chi connectivity index (χ4v) is 4.70. The molecule has 0 saturated heterocycles. The number of nitrogens with zero attached hydrogens (tertiary/aromatic N) is 2. The highest BCUT2D eigenvalue weighted by Gasteiger charge is 2.17. The van der Waals surface area contributed by atoms with E-state index < -0.39 is 5.82 Å². The van der Waals surface area contributed by atoms with Gasteiger partial charge in [0.05, 0.1) is 27.0 Å². The van der Waals surface area contributed by atoms with Gasteiger partial charge < -0.3 is 5.32 Å². The van der Waals surface area contributed by atoms with Crippen LogP contribution < -0.4 is 10.9 Å². The second kappa shape index (κ2) is 8.77. The summed E-state index contributed by atoms with van der Waals surface area (Å²) in [5.74, 6) is -0.948. The number of hydrogen-bond donors (Lipinski definition) is 1. The third kappa shape index (κ3) is 4.22. The number of hydrogen-bond acceptors (Lipinski definition) is 5. The van der Waals surface area contributed by atoms with Gasteiger partial charge in [0, 0.05) is 5.69 Å². The Hall–Kier alpha value is -2.39. The van der Waals surface area contributed by atoms with Crippen LogP contribution in [0.25, 0.3) is 15.9 Å². The molecule has 2 aromatic carbocycles. The van der Waals surface area contributed by atoms with E-state index in [2.05, 4.69) is 10.3 Å². The Kier molecular flexibility index (Phi) is 6.10. The first-order valence-corrected chi connectivity index (χ1v) is 11.2. The zero-order chi connectivity index (χ0) is 21.3. The first-order valence-electron chi connectivity index (χ1n) is 8.57. The van der Waals surface area contributed by atoms with Gasteiger partial charge in [-0.3, -0.25) is 14.2 Å². The Morgan fingerprint density at radius 3 is 2.73 bits per heavy atom. The number of aromatic nitrogens is 2. The highest BCUT2D eigenvalue weighted by Crippen LogP contribution is 2.27. The van der Waals surface area contributed by atoms with E-state index in [-0.39, 0.29) is 22.2 Å². The maximum Gasteiger partial charge on any atom is 0.276 e. The van der Waals surface area contributed by atoms with Crippen LogP contribution in [0.4, 0.5) is 10.1 Å². The van der Waals surface area contributed by atoms with Crippen molar-refractivity contribution < 1.29 is 9.18 Å². The first kappa shape index (κ1) is 20.9. The van der Waals surface area contributed by atoms with Crippen LogP contribution in [0.1, 0.15) is 0 Å². The minimum atomic E-state index is -0.568. The van der Waals surface area contributed by atoms with Gasteiger partial charge in [0.25, 0.3) is 5.56 Å². The van der Waals surface area contributed by atoms with Crippen LogP contribution in [0, 0.1) is 5.82 Å². The van der Waals surface area contributed by atoms with Crippen molar-refractivity contribution in [1.29, 1.82) is 0 Å². The molecule has 0 radical (unpaired) electrons. The molecule has 0 aliphatic carbocycles. The lowest BCUT2D eigenvalue weighted by molar-refractivity contribution is -0.113. The lowest BCUT2D eigenvalue weighted by atomic mass is 10.3. The molecule has 0 bridgehead atoms. The van der Waals surface area contributed by atoms with E-state index in [4.69, 9.17) is 23.2 Å². The Labute approximate surface area is 188 Å². The number of thiophene rings is 1. The number of benzene rings is 2. The average Bonchev–Trinajstić information content (AvgIpc) is 3.19. The predicted octanol–water partition coefficient (Wildman–Crippen LogP) is 5.62. The van der Waals surface area contributed by atoms with E-state index in [1.54, 1.807) is 35.7 Å². The van der Waals surface area contributed by atoms with Gasteiger partial charge in [-0.05, 0) is 41.8 Å². The number of halogens is 3. The summed E-state index contributed by atoms with van der Waals surface area (Å²) in [6, 6.07) is 12.6. The van der Waals surface area contributed by atoms with Crippen molar-refractivity contribution in [1.82, 2.24) is 9.55 Å². The maximum atomic E-state index is 13.3. The summed E-state index contributed by atoms with van der Waals surface area (Å²) in [6.07, 6.45) is 0. The van der Waals surface area contributed by atoms with Crippen molar-refractivity contribution in [2.45, 2.75) is 5.16 Å². The third-order valence-corrected chi connectivity index (χ3v) is 6.52. The van der Waals surface area contributed by atoms with Gasteiger partial charge >= 0.3 is 0 Å². The van der Waals surface area contributed by atoms with Gasteiger partial charge in [-0.25, -0.2) is 9.37 Å². The topological polar surface area (TPSA) is 64.0 Å². The molecule has 0 aliphatic rings. The molecule has 5 nitrogen and oxygen atoms in total. The summed E-state index contributed by atoms with van der Waals surface area (Å²) in [4.78, 5) is 30.0.